The molecule has 1 fully saturated rings. The van der Waals surface area contributed by atoms with Crippen LogP contribution in [0, 0.1) is 21.4 Å². The van der Waals surface area contributed by atoms with Crippen LogP contribution < -0.4 is 9.64 Å². The van der Waals surface area contributed by atoms with Gasteiger partial charge in [0, 0.05) is 25.9 Å². The molecule has 0 spiro atoms. The van der Waals surface area contributed by atoms with Crippen molar-refractivity contribution in [3.8, 4) is 28.8 Å². The van der Waals surface area contributed by atoms with Gasteiger partial charge < -0.3 is 19.1 Å². The van der Waals surface area contributed by atoms with Crippen molar-refractivity contribution in [3.63, 3.8) is 0 Å². The number of aromatic nitrogens is 2. The quantitative estimate of drug-likeness (QED) is 0.257. The molecular formula is C25H23N5O6. The first kappa shape index (κ1) is 24.4. The topological polar surface area (TPSA) is 141 Å². The van der Waals surface area contributed by atoms with Crippen molar-refractivity contribution < 1.29 is 23.9 Å². The molecule has 0 amide bonds. The summed E-state index contributed by atoms with van der Waals surface area (Å²) in [5.41, 5.74) is 2.06. The summed E-state index contributed by atoms with van der Waals surface area (Å²) in [6, 6.07) is 16.3. The Bertz CT molecular complexity index is 1270. The smallest absolute Gasteiger partial charge is 0.435 e. The van der Waals surface area contributed by atoms with Crippen LogP contribution in [-0.4, -0.2) is 46.8 Å². The number of rotatable bonds is 7. The largest absolute Gasteiger partial charge is 0.508 e. The van der Waals surface area contributed by atoms with Gasteiger partial charge in [0.1, 0.15) is 18.2 Å². The van der Waals surface area contributed by atoms with Crippen LogP contribution in [0.3, 0.4) is 0 Å². The predicted molar refractivity (Wildman–Crippen MR) is 129 cm³/mol. The minimum absolute atomic E-state index is 0.147. The maximum absolute atomic E-state index is 12.0. The first-order valence-corrected chi connectivity index (χ1v) is 11.3. The lowest BCUT2D eigenvalue weighted by atomic mass is 10.0. The van der Waals surface area contributed by atoms with Gasteiger partial charge in [-0.2, -0.15) is 10.2 Å². The number of nitrogens with zero attached hydrogens (tertiary/aromatic N) is 5. The van der Waals surface area contributed by atoms with Crippen molar-refractivity contribution in [2.24, 2.45) is 0 Å². The van der Waals surface area contributed by atoms with Crippen molar-refractivity contribution in [1.82, 2.24) is 9.97 Å². The highest BCUT2D eigenvalue weighted by atomic mass is 16.7. The molecule has 36 heavy (non-hydrogen) atoms. The van der Waals surface area contributed by atoms with Gasteiger partial charge >= 0.3 is 17.7 Å². The van der Waals surface area contributed by atoms with E-state index in [4.69, 9.17) is 19.5 Å². The molecule has 0 saturated carbocycles. The minimum Gasteiger partial charge on any atom is -0.435 e. The first-order valence-electron chi connectivity index (χ1n) is 11.3. The van der Waals surface area contributed by atoms with E-state index in [9.17, 15) is 14.9 Å². The number of nitro groups is 1. The standard InChI is InChI=1S/C25H23N5O6/c1-2-34-25(31)36-21-11-13-29(14-12-21)23-22(30(32)33)24(28-16-27-23)35-20-9-7-19(8-10-20)18-5-3-17(15-26)4-6-18/h3-10,16,21H,2,11-14H2,1H3. The highest BCUT2D eigenvalue weighted by Gasteiger charge is 2.32. The highest BCUT2D eigenvalue weighted by Crippen LogP contribution is 2.37. The second-order valence-corrected chi connectivity index (χ2v) is 7.91. The molecule has 0 aliphatic carbocycles. The van der Waals surface area contributed by atoms with E-state index in [0.29, 0.717) is 37.2 Å². The van der Waals surface area contributed by atoms with Gasteiger partial charge in [0.15, 0.2) is 0 Å². The molecule has 4 rings (SSSR count). The van der Waals surface area contributed by atoms with E-state index in [-0.39, 0.29) is 30.1 Å². The van der Waals surface area contributed by atoms with Gasteiger partial charge in [0.2, 0.25) is 5.82 Å². The molecule has 0 N–H and O–H groups in total. The van der Waals surface area contributed by atoms with Crippen molar-refractivity contribution in [2.75, 3.05) is 24.6 Å². The number of hydrogen-bond acceptors (Lipinski definition) is 10. The minimum atomic E-state index is -0.718. The van der Waals surface area contributed by atoms with Crippen LogP contribution >= 0.6 is 0 Å². The Morgan fingerprint density at radius 2 is 1.75 bits per heavy atom. The second kappa shape index (κ2) is 11.1. The molecule has 2 aromatic carbocycles. The van der Waals surface area contributed by atoms with Gasteiger partial charge in [0.25, 0.3) is 0 Å². The van der Waals surface area contributed by atoms with E-state index in [2.05, 4.69) is 16.0 Å². The zero-order chi connectivity index (χ0) is 25.5. The lowest BCUT2D eigenvalue weighted by molar-refractivity contribution is -0.385. The van der Waals surface area contributed by atoms with E-state index >= 15 is 0 Å². The molecule has 0 unspecified atom stereocenters. The van der Waals surface area contributed by atoms with Crippen LogP contribution in [0.15, 0.2) is 54.9 Å². The molecule has 1 aliphatic rings. The number of carbonyl (C=O) groups excluding carboxylic acids is 1. The number of hydrogen-bond donors (Lipinski definition) is 0. The summed E-state index contributed by atoms with van der Waals surface area (Å²) in [7, 11) is 0. The maximum atomic E-state index is 12.0. The second-order valence-electron chi connectivity index (χ2n) is 7.91. The van der Waals surface area contributed by atoms with Gasteiger partial charge in [-0.15, -0.1) is 0 Å². The van der Waals surface area contributed by atoms with Crippen LogP contribution in [0.25, 0.3) is 11.1 Å². The zero-order valence-electron chi connectivity index (χ0n) is 19.5. The SMILES string of the molecule is CCOC(=O)OC1CCN(c2ncnc(Oc3ccc(-c4ccc(C#N)cc4)cc3)c2[N+](=O)[O-])CC1. The molecule has 3 aromatic rings. The van der Waals surface area contributed by atoms with Crippen molar-refractivity contribution in [1.29, 1.82) is 5.26 Å². The lowest BCUT2D eigenvalue weighted by Gasteiger charge is -2.31. The summed E-state index contributed by atoms with van der Waals surface area (Å²) in [5, 5.41) is 20.9. The molecule has 0 bridgehead atoms. The van der Waals surface area contributed by atoms with Gasteiger partial charge in [0.05, 0.1) is 23.2 Å². The Hall–Kier alpha value is -4.72. The van der Waals surface area contributed by atoms with E-state index in [1.165, 1.54) is 6.33 Å². The molecular weight excluding hydrogens is 466 g/mol. The molecule has 11 heteroatoms. The number of benzene rings is 2. The molecule has 1 saturated heterocycles. The average Bonchev–Trinajstić information content (AvgIpc) is 2.89. The molecule has 1 aromatic heterocycles. The Balaban J connectivity index is 1.48. The fraction of sp³-hybridized carbons (Fsp3) is 0.280. The van der Waals surface area contributed by atoms with E-state index in [0.717, 1.165) is 11.1 Å². The summed E-state index contributed by atoms with van der Waals surface area (Å²) >= 11 is 0. The maximum Gasteiger partial charge on any atom is 0.508 e. The fourth-order valence-corrected chi connectivity index (χ4v) is 3.86. The summed E-state index contributed by atoms with van der Waals surface area (Å²) < 4.78 is 15.8. The van der Waals surface area contributed by atoms with Crippen LogP contribution in [0.5, 0.6) is 11.6 Å². The molecule has 1 aliphatic heterocycles. The monoisotopic (exact) mass is 489 g/mol. The Morgan fingerprint density at radius 3 is 2.33 bits per heavy atom. The van der Waals surface area contributed by atoms with Gasteiger partial charge in [-0.25, -0.2) is 9.78 Å². The lowest BCUT2D eigenvalue weighted by Crippen LogP contribution is -2.38. The molecule has 11 nitrogen and oxygen atoms in total. The number of carbonyl (C=O) groups is 1. The number of piperidine rings is 1. The molecule has 0 atom stereocenters. The average molecular weight is 489 g/mol. The third-order valence-electron chi connectivity index (χ3n) is 5.63. The van der Waals surface area contributed by atoms with Crippen LogP contribution in [0.4, 0.5) is 16.3 Å². The summed E-state index contributed by atoms with van der Waals surface area (Å²) in [4.78, 5) is 32.9. The first-order chi connectivity index (χ1) is 17.5. The van der Waals surface area contributed by atoms with Crippen molar-refractivity contribution in [2.45, 2.75) is 25.9 Å². The van der Waals surface area contributed by atoms with Crippen molar-refractivity contribution in [3.05, 3.63) is 70.5 Å². The van der Waals surface area contributed by atoms with Crippen LogP contribution in [-0.2, 0) is 9.47 Å². The number of nitriles is 1. The molecule has 2 heterocycles. The van der Waals surface area contributed by atoms with Crippen molar-refractivity contribution >= 4 is 17.7 Å². The van der Waals surface area contributed by atoms with Crippen LogP contribution in [0.1, 0.15) is 25.3 Å². The van der Waals surface area contributed by atoms with Gasteiger partial charge in [-0.05, 0) is 42.3 Å². The summed E-state index contributed by atoms with van der Waals surface area (Å²) in [6.45, 7) is 2.73. The van der Waals surface area contributed by atoms with E-state index < -0.39 is 11.1 Å². The Morgan fingerprint density at radius 1 is 1.11 bits per heavy atom. The normalized spacial score (nSPS) is 13.5. The molecule has 184 valence electrons. The number of anilines is 1. The third-order valence-corrected chi connectivity index (χ3v) is 5.63. The third kappa shape index (κ3) is 5.67. The number of ether oxygens (including phenoxy) is 3. The summed E-state index contributed by atoms with van der Waals surface area (Å²) in [6.07, 6.45) is 1.14. The predicted octanol–water partition coefficient (Wildman–Crippen LogP) is 4.86. The summed E-state index contributed by atoms with van der Waals surface area (Å²) in [5.74, 6) is 0.358. The van der Waals surface area contributed by atoms with E-state index in [1.807, 2.05) is 24.3 Å². The van der Waals surface area contributed by atoms with Gasteiger partial charge in [-0.1, -0.05) is 24.3 Å². The Labute approximate surface area is 207 Å². The Kier molecular flexibility index (Phi) is 7.55. The van der Waals surface area contributed by atoms with Crippen LogP contribution in [0.2, 0.25) is 0 Å². The zero-order valence-corrected chi connectivity index (χ0v) is 19.5. The fourth-order valence-electron chi connectivity index (χ4n) is 3.86. The van der Waals surface area contributed by atoms with Gasteiger partial charge in [-0.3, -0.25) is 10.1 Å². The molecule has 0 radical (unpaired) electrons. The highest BCUT2D eigenvalue weighted by molar-refractivity contribution is 5.66. The van der Waals surface area contributed by atoms with E-state index in [1.54, 1.807) is 36.1 Å².